The fourth-order valence-electron chi connectivity index (χ4n) is 4.87. The molecule has 0 fully saturated rings. The van der Waals surface area contributed by atoms with E-state index >= 15 is 0 Å². The lowest BCUT2D eigenvalue weighted by atomic mass is 9.76. The first kappa shape index (κ1) is 25.6. The molecule has 1 atom stereocenters. The Morgan fingerprint density at radius 3 is 2.56 bits per heavy atom. The normalized spacial score (nSPS) is 18.0. The van der Waals surface area contributed by atoms with Crippen molar-refractivity contribution >= 4 is 29.6 Å². The summed E-state index contributed by atoms with van der Waals surface area (Å²) >= 11 is 1.87. The van der Waals surface area contributed by atoms with Crippen molar-refractivity contribution in [2.45, 2.75) is 37.5 Å². The fraction of sp³-hybridized carbons (Fsp3) is 0.267. The van der Waals surface area contributed by atoms with Gasteiger partial charge >= 0.3 is 0 Å². The Morgan fingerprint density at radius 2 is 1.83 bits per heavy atom. The molecule has 36 heavy (non-hydrogen) atoms. The highest BCUT2D eigenvalue weighted by Crippen LogP contribution is 2.51. The number of allylic oxidation sites excluding steroid dienone is 2. The molecule has 1 amide bonds. The number of hydrogen-bond donors (Lipinski definition) is 1. The lowest BCUT2D eigenvalue weighted by Gasteiger charge is -2.30. The second kappa shape index (κ2) is 11.5. The van der Waals surface area contributed by atoms with Crippen LogP contribution in [0.25, 0.3) is 0 Å². The van der Waals surface area contributed by atoms with Crippen molar-refractivity contribution < 1.29 is 9.53 Å². The molecule has 0 aromatic heterocycles. The molecule has 0 spiro atoms. The van der Waals surface area contributed by atoms with E-state index in [2.05, 4.69) is 72.6 Å². The second-order valence-corrected chi connectivity index (χ2v) is 10.1. The van der Waals surface area contributed by atoms with Gasteiger partial charge in [-0.3, -0.25) is 4.79 Å². The predicted octanol–water partition coefficient (Wildman–Crippen LogP) is 6.45. The maximum atomic E-state index is 12.4. The number of rotatable bonds is 9. The van der Waals surface area contributed by atoms with Gasteiger partial charge in [0.15, 0.2) is 0 Å². The number of likely N-dealkylation sites (N-methyl/N-ethyl adjacent to an activating group) is 1. The zero-order valence-corrected chi connectivity index (χ0v) is 22.1. The molecular formula is C30H33N3O2S. The monoisotopic (exact) mass is 499 g/mol. The molecule has 1 heterocycles. The number of hydrazone groups is 1. The molecule has 0 aliphatic carbocycles. The van der Waals surface area contributed by atoms with E-state index in [4.69, 9.17) is 4.74 Å². The standard InChI is InChI=1S/C30H33N3O2S/c1-5-33-26-17-16-24(35-4)20-25(26)30(3,21-23-14-10-11-15-27(23)36-6-2)28(33)18-19-31-32-29(34)22-12-8-7-9-13-22/h7-20H,5-6,21H2,1-4H3,(H,32,34)/b28-18-,31-19+. The van der Waals surface area contributed by atoms with Crippen molar-refractivity contribution in [1.82, 2.24) is 5.43 Å². The summed E-state index contributed by atoms with van der Waals surface area (Å²) in [6.45, 7) is 7.44. The van der Waals surface area contributed by atoms with Crippen molar-refractivity contribution in [2.24, 2.45) is 5.10 Å². The number of carbonyl (C=O) groups is 1. The first-order valence-electron chi connectivity index (χ1n) is 12.3. The van der Waals surface area contributed by atoms with E-state index in [0.29, 0.717) is 5.56 Å². The molecule has 0 bridgehead atoms. The number of nitrogens with zero attached hydrogens (tertiary/aromatic N) is 2. The molecule has 5 nitrogen and oxygen atoms in total. The van der Waals surface area contributed by atoms with Gasteiger partial charge in [0.2, 0.25) is 0 Å². The zero-order chi connectivity index (χ0) is 25.5. The van der Waals surface area contributed by atoms with Crippen molar-refractivity contribution in [3.05, 3.63) is 101 Å². The van der Waals surface area contributed by atoms with Crippen LogP contribution in [-0.2, 0) is 11.8 Å². The second-order valence-electron chi connectivity index (χ2n) is 8.81. The summed E-state index contributed by atoms with van der Waals surface area (Å²) in [5, 5.41) is 4.24. The van der Waals surface area contributed by atoms with Crippen LogP contribution in [0.3, 0.4) is 0 Å². The van der Waals surface area contributed by atoms with E-state index in [1.165, 1.54) is 21.7 Å². The van der Waals surface area contributed by atoms with E-state index in [1.54, 1.807) is 25.5 Å². The van der Waals surface area contributed by atoms with Crippen LogP contribution >= 0.6 is 11.8 Å². The van der Waals surface area contributed by atoms with Gasteiger partial charge in [-0.2, -0.15) is 5.10 Å². The van der Waals surface area contributed by atoms with Gasteiger partial charge in [0.05, 0.1) is 7.11 Å². The van der Waals surface area contributed by atoms with E-state index in [9.17, 15) is 4.79 Å². The van der Waals surface area contributed by atoms with Crippen molar-refractivity contribution in [2.75, 3.05) is 24.3 Å². The fourth-order valence-corrected chi connectivity index (χ4v) is 5.68. The lowest BCUT2D eigenvalue weighted by molar-refractivity contribution is 0.0955. The molecule has 3 aromatic rings. The van der Waals surface area contributed by atoms with Crippen LogP contribution < -0.4 is 15.1 Å². The smallest absolute Gasteiger partial charge is 0.271 e. The van der Waals surface area contributed by atoms with Gasteiger partial charge in [0.1, 0.15) is 5.75 Å². The summed E-state index contributed by atoms with van der Waals surface area (Å²) in [6.07, 6.45) is 4.55. The minimum absolute atomic E-state index is 0.231. The molecular weight excluding hydrogens is 466 g/mol. The van der Waals surface area contributed by atoms with Crippen molar-refractivity contribution in [1.29, 1.82) is 0 Å². The van der Waals surface area contributed by atoms with Gasteiger partial charge in [-0.1, -0.05) is 43.3 Å². The van der Waals surface area contributed by atoms with Crippen LogP contribution in [0.15, 0.2) is 94.6 Å². The molecule has 1 N–H and O–H groups in total. The molecule has 0 saturated heterocycles. The minimum atomic E-state index is -0.306. The first-order chi connectivity index (χ1) is 17.5. The van der Waals surface area contributed by atoms with Gasteiger partial charge in [0.25, 0.3) is 5.91 Å². The van der Waals surface area contributed by atoms with Crippen LogP contribution in [0.5, 0.6) is 5.75 Å². The summed E-state index contributed by atoms with van der Waals surface area (Å²) in [5.41, 5.74) is 7.78. The Balaban J connectivity index is 1.72. The summed E-state index contributed by atoms with van der Waals surface area (Å²) in [6, 6.07) is 24.0. The van der Waals surface area contributed by atoms with Gasteiger partial charge in [-0.25, -0.2) is 5.43 Å². The topological polar surface area (TPSA) is 53.9 Å². The SMILES string of the molecule is CCSc1ccccc1CC1(C)/C(=C/C=N/NC(=O)c2ccccc2)N(CC)c2ccc(OC)cc21. The van der Waals surface area contributed by atoms with E-state index in [1.807, 2.05) is 42.1 Å². The van der Waals surface area contributed by atoms with Crippen LogP contribution in [0, 0.1) is 0 Å². The molecule has 0 saturated carbocycles. The molecule has 6 heteroatoms. The van der Waals surface area contributed by atoms with Crippen LogP contribution in [0.2, 0.25) is 0 Å². The number of thioether (sulfide) groups is 1. The number of nitrogens with one attached hydrogen (secondary N) is 1. The maximum absolute atomic E-state index is 12.4. The number of methoxy groups -OCH3 is 1. The highest BCUT2D eigenvalue weighted by Gasteiger charge is 2.43. The van der Waals surface area contributed by atoms with E-state index in [-0.39, 0.29) is 11.3 Å². The van der Waals surface area contributed by atoms with Crippen LogP contribution in [0.4, 0.5) is 5.69 Å². The average Bonchev–Trinajstić information content (AvgIpc) is 3.14. The van der Waals surface area contributed by atoms with Crippen molar-refractivity contribution in [3.63, 3.8) is 0 Å². The van der Waals surface area contributed by atoms with Gasteiger partial charge < -0.3 is 9.64 Å². The lowest BCUT2D eigenvalue weighted by Crippen LogP contribution is -2.31. The zero-order valence-electron chi connectivity index (χ0n) is 21.3. The van der Waals surface area contributed by atoms with E-state index < -0.39 is 0 Å². The average molecular weight is 500 g/mol. The molecule has 1 unspecified atom stereocenters. The van der Waals surface area contributed by atoms with Gasteiger partial charge in [0, 0.05) is 40.0 Å². The number of fused-ring (bicyclic) bond motifs is 1. The Morgan fingerprint density at radius 1 is 1.08 bits per heavy atom. The van der Waals surface area contributed by atoms with Crippen LogP contribution in [0.1, 0.15) is 42.3 Å². The number of amides is 1. The Hall–Kier alpha value is -3.51. The maximum Gasteiger partial charge on any atom is 0.271 e. The summed E-state index contributed by atoms with van der Waals surface area (Å²) in [7, 11) is 1.71. The molecule has 4 rings (SSSR count). The number of hydrogen-bond acceptors (Lipinski definition) is 5. The Bertz CT molecular complexity index is 1270. The number of anilines is 1. The van der Waals surface area contributed by atoms with E-state index in [0.717, 1.165) is 30.2 Å². The molecule has 0 radical (unpaired) electrons. The first-order valence-corrected chi connectivity index (χ1v) is 13.3. The predicted molar refractivity (Wildman–Crippen MR) is 150 cm³/mol. The van der Waals surface area contributed by atoms with Gasteiger partial charge in [-0.05, 0) is 79.6 Å². The highest BCUT2D eigenvalue weighted by atomic mass is 32.2. The van der Waals surface area contributed by atoms with Crippen molar-refractivity contribution in [3.8, 4) is 5.75 Å². The summed E-state index contributed by atoms with van der Waals surface area (Å²) in [4.78, 5) is 16.0. The number of benzene rings is 3. The third kappa shape index (κ3) is 5.19. The Labute approximate surface area is 218 Å². The van der Waals surface area contributed by atoms with Crippen LogP contribution in [-0.4, -0.2) is 31.5 Å². The largest absolute Gasteiger partial charge is 0.497 e. The molecule has 1 aliphatic rings. The molecule has 186 valence electrons. The quantitative estimate of drug-likeness (QED) is 0.209. The summed E-state index contributed by atoms with van der Waals surface area (Å²) in [5.74, 6) is 1.64. The van der Waals surface area contributed by atoms with Gasteiger partial charge in [-0.15, -0.1) is 11.8 Å². The third-order valence-corrected chi connectivity index (χ3v) is 7.58. The number of carbonyl (C=O) groups excluding carboxylic acids is 1. The molecule has 1 aliphatic heterocycles. The minimum Gasteiger partial charge on any atom is -0.497 e. The third-order valence-electron chi connectivity index (χ3n) is 6.59. The molecule has 3 aromatic carbocycles. The number of ether oxygens (including phenoxy) is 1. The highest BCUT2D eigenvalue weighted by molar-refractivity contribution is 7.99. The Kier molecular flexibility index (Phi) is 8.16. The summed E-state index contributed by atoms with van der Waals surface area (Å²) < 4.78 is 5.60.